The van der Waals surface area contributed by atoms with Crippen LogP contribution in [0.3, 0.4) is 0 Å². The SMILES string of the molecule is c1ccc2cc(-c3cccc4c3oc3cccc(-c5nc(-c6ccc7ccccc7c6)c6sc7ccccc7c6n5)c34)ccc2c1. The lowest BCUT2D eigenvalue weighted by atomic mass is 9.98. The number of nitrogens with zero attached hydrogens (tertiary/aromatic N) is 2. The first-order valence-corrected chi connectivity index (χ1v) is 16.2. The number of aromatic nitrogens is 2. The molecule has 0 unspecified atom stereocenters. The van der Waals surface area contributed by atoms with Gasteiger partial charge in [0.15, 0.2) is 5.82 Å². The Morgan fingerprint density at radius 2 is 1.15 bits per heavy atom. The molecule has 0 aliphatic carbocycles. The van der Waals surface area contributed by atoms with E-state index < -0.39 is 0 Å². The molecule has 0 fully saturated rings. The first-order chi connectivity index (χ1) is 22.8. The molecule has 0 N–H and O–H groups in total. The van der Waals surface area contributed by atoms with Gasteiger partial charge in [-0.25, -0.2) is 9.97 Å². The van der Waals surface area contributed by atoms with Gasteiger partial charge in [0.25, 0.3) is 0 Å². The molecule has 0 saturated carbocycles. The van der Waals surface area contributed by atoms with E-state index in [0.29, 0.717) is 5.82 Å². The number of rotatable bonds is 3. The van der Waals surface area contributed by atoms with Gasteiger partial charge in [-0.3, -0.25) is 0 Å². The Kier molecular flexibility index (Phi) is 5.45. The maximum Gasteiger partial charge on any atom is 0.161 e. The molecule has 7 aromatic carbocycles. The van der Waals surface area contributed by atoms with E-state index in [2.05, 4.69) is 133 Å². The molecule has 10 rings (SSSR count). The van der Waals surface area contributed by atoms with E-state index in [0.717, 1.165) is 65.5 Å². The first-order valence-electron chi connectivity index (χ1n) is 15.4. The molecule has 3 heterocycles. The van der Waals surface area contributed by atoms with Crippen LogP contribution in [0.4, 0.5) is 0 Å². The van der Waals surface area contributed by atoms with Crippen molar-refractivity contribution in [3.63, 3.8) is 0 Å². The fourth-order valence-corrected chi connectivity index (χ4v) is 8.02. The fourth-order valence-electron chi connectivity index (χ4n) is 6.86. The third-order valence-electron chi connectivity index (χ3n) is 9.07. The van der Waals surface area contributed by atoms with Crippen LogP contribution in [0.5, 0.6) is 0 Å². The minimum Gasteiger partial charge on any atom is -0.455 e. The molecule has 0 atom stereocenters. The molecule has 0 amide bonds. The lowest BCUT2D eigenvalue weighted by Crippen LogP contribution is -1.94. The standard InChI is InChI=1S/C42H24N2OS/c1-3-11-27-23-29(21-19-25(27)9-1)31-14-7-15-33-37-34(16-8-17-35(37)45-40(31)33)42-43-38(30-22-20-26-10-2-4-12-28(26)24-30)41-39(44-42)32-13-5-6-18-36(32)46-41/h1-24H. The lowest BCUT2D eigenvalue weighted by Gasteiger charge is -2.09. The van der Waals surface area contributed by atoms with E-state index in [-0.39, 0.29) is 0 Å². The number of hydrogen-bond acceptors (Lipinski definition) is 4. The average Bonchev–Trinajstić information content (AvgIpc) is 3.69. The summed E-state index contributed by atoms with van der Waals surface area (Å²) in [6, 6.07) is 51.3. The van der Waals surface area contributed by atoms with Crippen molar-refractivity contribution >= 4 is 75.1 Å². The van der Waals surface area contributed by atoms with Gasteiger partial charge in [-0.15, -0.1) is 11.3 Å². The fraction of sp³-hybridized carbons (Fsp3) is 0. The van der Waals surface area contributed by atoms with E-state index >= 15 is 0 Å². The maximum atomic E-state index is 6.66. The number of benzene rings is 7. The second-order valence-corrected chi connectivity index (χ2v) is 12.8. The van der Waals surface area contributed by atoms with Crippen LogP contribution in [0, 0.1) is 0 Å². The van der Waals surface area contributed by atoms with Crippen molar-refractivity contribution in [2.75, 3.05) is 0 Å². The summed E-state index contributed by atoms with van der Waals surface area (Å²) in [5.41, 5.74) is 7.88. The summed E-state index contributed by atoms with van der Waals surface area (Å²) >= 11 is 1.76. The Labute approximate surface area is 268 Å². The van der Waals surface area contributed by atoms with Gasteiger partial charge >= 0.3 is 0 Å². The van der Waals surface area contributed by atoms with Crippen LogP contribution in [0.25, 0.3) is 97.6 Å². The summed E-state index contributed by atoms with van der Waals surface area (Å²) in [5.74, 6) is 0.698. The van der Waals surface area contributed by atoms with Gasteiger partial charge in [-0.1, -0.05) is 121 Å². The molecular formula is C42H24N2OS. The average molecular weight is 605 g/mol. The largest absolute Gasteiger partial charge is 0.455 e. The Morgan fingerprint density at radius 3 is 1.98 bits per heavy atom. The predicted molar refractivity (Wildman–Crippen MR) is 194 cm³/mol. The molecule has 46 heavy (non-hydrogen) atoms. The predicted octanol–water partition coefficient (Wildman–Crippen LogP) is 12.1. The van der Waals surface area contributed by atoms with Gasteiger partial charge in [0.2, 0.25) is 0 Å². The highest BCUT2D eigenvalue weighted by Gasteiger charge is 2.21. The number of furan rings is 1. The van der Waals surface area contributed by atoms with E-state index in [9.17, 15) is 0 Å². The zero-order valence-corrected chi connectivity index (χ0v) is 25.4. The minimum atomic E-state index is 0.698. The summed E-state index contributed by atoms with van der Waals surface area (Å²) in [7, 11) is 0. The molecule has 3 nitrogen and oxygen atoms in total. The number of hydrogen-bond donors (Lipinski definition) is 0. The number of thiophene rings is 1. The van der Waals surface area contributed by atoms with E-state index in [4.69, 9.17) is 14.4 Å². The Bertz CT molecular complexity index is 2830. The van der Waals surface area contributed by atoms with Gasteiger partial charge < -0.3 is 4.42 Å². The van der Waals surface area contributed by atoms with Crippen molar-refractivity contribution in [1.82, 2.24) is 9.97 Å². The van der Waals surface area contributed by atoms with Crippen LogP contribution in [-0.2, 0) is 0 Å². The topological polar surface area (TPSA) is 38.9 Å². The molecule has 214 valence electrons. The summed E-state index contributed by atoms with van der Waals surface area (Å²) in [6.45, 7) is 0. The third kappa shape index (κ3) is 3.84. The maximum absolute atomic E-state index is 6.66. The van der Waals surface area contributed by atoms with E-state index in [1.807, 2.05) is 12.1 Å². The second-order valence-electron chi connectivity index (χ2n) is 11.8. The summed E-state index contributed by atoms with van der Waals surface area (Å²) in [5, 5.41) is 8.08. The van der Waals surface area contributed by atoms with Gasteiger partial charge in [-0.05, 0) is 51.4 Å². The van der Waals surface area contributed by atoms with Crippen LogP contribution in [0.1, 0.15) is 0 Å². The third-order valence-corrected chi connectivity index (χ3v) is 10.2. The monoisotopic (exact) mass is 604 g/mol. The molecule has 0 aliphatic rings. The van der Waals surface area contributed by atoms with Crippen molar-refractivity contribution in [2.24, 2.45) is 0 Å². The van der Waals surface area contributed by atoms with Gasteiger partial charge in [0.1, 0.15) is 11.2 Å². The Hall–Kier alpha value is -5.84. The quantitative estimate of drug-likeness (QED) is 0.201. The highest BCUT2D eigenvalue weighted by atomic mass is 32.1. The smallest absolute Gasteiger partial charge is 0.161 e. The van der Waals surface area contributed by atoms with Crippen molar-refractivity contribution in [3.8, 4) is 33.8 Å². The molecule has 0 spiro atoms. The van der Waals surface area contributed by atoms with Crippen molar-refractivity contribution < 1.29 is 4.42 Å². The van der Waals surface area contributed by atoms with E-state index in [1.54, 1.807) is 11.3 Å². The Morgan fingerprint density at radius 1 is 0.500 bits per heavy atom. The van der Waals surface area contributed by atoms with Gasteiger partial charge in [0.05, 0.1) is 15.9 Å². The minimum absolute atomic E-state index is 0.698. The summed E-state index contributed by atoms with van der Waals surface area (Å²) in [6.07, 6.45) is 0. The molecule has 4 heteroatoms. The van der Waals surface area contributed by atoms with Gasteiger partial charge in [-0.2, -0.15) is 0 Å². The van der Waals surface area contributed by atoms with Crippen LogP contribution in [0.15, 0.2) is 150 Å². The molecule has 3 aromatic heterocycles. The zero-order valence-electron chi connectivity index (χ0n) is 24.6. The summed E-state index contributed by atoms with van der Waals surface area (Å²) in [4.78, 5) is 10.6. The van der Waals surface area contributed by atoms with Crippen molar-refractivity contribution in [3.05, 3.63) is 146 Å². The second kappa shape index (κ2) is 9.83. The molecule has 0 saturated heterocycles. The normalized spacial score (nSPS) is 11.9. The van der Waals surface area contributed by atoms with Crippen LogP contribution < -0.4 is 0 Å². The highest BCUT2D eigenvalue weighted by Crippen LogP contribution is 2.43. The van der Waals surface area contributed by atoms with Crippen LogP contribution >= 0.6 is 11.3 Å². The zero-order chi connectivity index (χ0) is 30.2. The number of para-hydroxylation sites is 1. The number of fused-ring (bicyclic) bond motifs is 8. The summed E-state index contributed by atoms with van der Waals surface area (Å²) < 4.78 is 8.97. The molecule has 0 aliphatic heterocycles. The molecule has 0 bridgehead atoms. The van der Waals surface area contributed by atoms with Crippen molar-refractivity contribution in [2.45, 2.75) is 0 Å². The van der Waals surface area contributed by atoms with Crippen molar-refractivity contribution in [1.29, 1.82) is 0 Å². The molecule has 10 aromatic rings. The molecule has 0 radical (unpaired) electrons. The first kappa shape index (κ1) is 25.5. The van der Waals surface area contributed by atoms with Crippen LogP contribution in [0.2, 0.25) is 0 Å². The Balaban J connectivity index is 1.24. The van der Waals surface area contributed by atoms with Crippen LogP contribution in [-0.4, -0.2) is 9.97 Å². The molecular weight excluding hydrogens is 581 g/mol. The van der Waals surface area contributed by atoms with Gasteiger partial charge in [0, 0.05) is 37.5 Å². The lowest BCUT2D eigenvalue weighted by molar-refractivity contribution is 0.670. The van der Waals surface area contributed by atoms with E-state index in [1.165, 1.54) is 26.2 Å². The highest BCUT2D eigenvalue weighted by molar-refractivity contribution is 7.26.